The van der Waals surface area contributed by atoms with Gasteiger partial charge in [-0.3, -0.25) is 25.2 Å². The molecule has 2 heterocycles. The van der Waals surface area contributed by atoms with Gasteiger partial charge in [0.05, 0.1) is 38.2 Å². The number of anilines is 2. The van der Waals surface area contributed by atoms with Crippen LogP contribution in [0.3, 0.4) is 0 Å². The van der Waals surface area contributed by atoms with E-state index in [1.807, 2.05) is 17.7 Å². The lowest BCUT2D eigenvalue weighted by Gasteiger charge is -2.21. The molecule has 0 atom stereocenters. The Hall–Kier alpha value is -7.03. The Balaban J connectivity index is 1.25. The standard InChI is InChI=1S/C41H43N7O8/c1-41(2,3)56-40(52)46-38(42)27-12-15-29(16-13-27)44-25-35-45-30-24-28(14-17-31(30)47(35)4)39(51)48(34-9-7-8-21-43-34)22-20-37(50)55-32-18-10-26(23-33(32)53-5)11-19-36(49)54-6/h7-19,21,23-24,44H,20,22,25H2,1-6H3,(H2,42,46,52)/b19-11+. The van der Waals surface area contributed by atoms with Crippen molar-refractivity contribution in [2.24, 2.45) is 7.05 Å². The van der Waals surface area contributed by atoms with Crippen LogP contribution in [0.25, 0.3) is 17.1 Å². The van der Waals surface area contributed by atoms with E-state index in [0.717, 1.165) is 11.2 Å². The zero-order chi connectivity index (χ0) is 40.4. The minimum Gasteiger partial charge on any atom is -0.493 e. The van der Waals surface area contributed by atoms with Gasteiger partial charge in [-0.05, 0) is 99.1 Å². The highest BCUT2D eigenvalue weighted by molar-refractivity contribution is 6.07. The Morgan fingerprint density at radius 3 is 2.36 bits per heavy atom. The molecule has 0 fully saturated rings. The minimum absolute atomic E-state index is 0.0261. The van der Waals surface area contributed by atoms with Gasteiger partial charge in [0, 0.05) is 42.7 Å². The number of carbonyl (C=O) groups is 4. The van der Waals surface area contributed by atoms with Crippen molar-refractivity contribution in [3.63, 3.8) is 0 Å². The van der Waals surface area contributed by atoms with Gasteiger partial charge >= 0.3 is 18.0 Å². The van der Waals surface area contributed by atoms with Gasteiger partial charge < -0.3 is 28.8 Å². The van der Waals surface area contributed by atoms with Crippen molar-refractivity contribution in [2.75, 3.05) is 31.0 Å². The number of pyridine rings is 1. The molecule has 0 saturated carbocycles. The normalized spacial score (nSPS) is 11.2. The number of alkyl carbamates (subject to hydrolysis) is 1. The second-order valence-corrected chi connectivity index (χ2v) is 13.4. The fourth-order valence-corrected chi connectivity index (χ4v) is 5.43. The molecule has 290 valence electrons. The lowest BCUT2D eigenvalue weighted by molar-refractivity contribution is -0.135. The predicted octanol–water partition coefficient (Wildman–Crippen LogP) is 6.27. The third-order valence-corrected chi connectivity index (χ3v) is 8.21. The Kier molecular flexibility index (Phi) is 12.8. The van der Waals surface area contributed by atoms with Crippen LogP contribution >= 0.6 is 0 Å². The first-order valence-electron chi connectivity index (χ1n) is 17.5. The lowest BCUT2D eigenvalue weighted by atomic mass is 10.1. The second-order valence-electron chi connectivity index (χ2n) is 13.4. The second kappa shape index (κ2) is 17.9. The number of aryl methyl sites for hydroxylation is 1. The number of benzene rings is 3. The molecule has 2 amide bonds. The molecule has 5 rings (SSSR count). The number of methoxy groups -OCH3 is 2. The van der Waals surface area contributed by atoms with E-state index < -0.39 is 23.6 Å². The number of carbonyl (C=O) groups excluding carboxylic acids is 4. The lowest BCUT2D eigenvalue weighted by Crippen LogP contribution is -2.36. The third kappa shape index (κ3) is 10.6. The van der Waals surface area contributed by atoms with E-state index in [1.165, 1.54) is 25.2 Å². The summed E-state index contributed by atoms with van der Waals surface area (Å²) in [5, 5.41) is 14.0. The Morgan fingerprint density at radius 2 is 1.68 bits per heavy atom. The first-order chi connectivity index (χ1) is 26.7. The molecule has 0 spiro atoms. The molecular formula is C41H43N7O8. The Morgan fingerprint density at radius 1 is 0.929 bits per heavy atom. The molecule has 56 heavy (non-hydrogen) atoms. The van der Waals surface area contributed by atoms with Crippen LogP contribution in [0.1, 0.15) is 54.5 Å². The molecule has 15 heteroatoms. The average molecular weight is 762 g/mol. The van der Waals surface area contributed by atoms with Gasteiger partial charge in [0.1, 0.15) is 23.1 Å². The molecule has 0 radical (unpaired) electrons. The van der Waals surface area contributed by atoms with Crippen molar-refractivity contribution in [1.29, 1.82) is 5.41 Å². The van der Waals surface area contributed by atoms with Gasteiger partial charge in [0.15, 0.2) is 11.5 Å². The van der Waals surface area contributed by atoms with Crippen LogP contribution in [0.2, 0.25) is 0 Å². The summed E-state index contributed by atoms with van der Waals surface area (Å²) in [6.45, 7) is 5.59. The van der Waals surface area contributed by atoms with Crippen LogP contribution in [0.15, 0.2) is 91.1 Å². The number of aromatic nitrogens is 3. The molecule has 0 saturated heterocycles. The summed E-state index contributed by atoms with van der Waals surface area (Å²) in [4.78, 5) is 61.1. The third-order valence-electron chi connectivity index (χ3n) is 8.21. The number of hydrogen-bond acceptors (Lipinski definition) is 12. The van der Waals surface area contributed by atoms with Crippen molar-refractivity contribution in [1.82, 2.24) is 19.9 Å². The van der Waals surface area contributed by atoms with Crippen molar-refractivity contribution >= 4 is 58.4 Å². The zero-order valence-electron chi connectivity index (χ0n) is 31.9. The number of rotatable bonds is 13. The van der Waals surface area contributed by atoms with Crippen molar-refractivity contribution in [3.8, 4) is 11.5 Å². The van der Waals surface area contributed by atoms with E-state index >= 15 is 0 Å². The van der Waals surface area contributed by atoms with Crippen molar-refractivity contribution in [3.05, 3.63) is 114 Å². The molecule has 0 aliphatic heterocycles. The van der Waals surface area contributed by atoms with Gasteiger partial charge in [0.25, 0.3) is 5.91 Å². The maximum absolute atomic E-state index is 14.0. The summed E-state index contributed by atoms with van der Waals surface area (Å²) < 4.78 is 22.8. The van der Waals surface area contributed by atoms with Gasteiger partial charge in [-0.2, -0.15) is 0 Å². The van der Waals surface area contributed by atoms with E-state index in [-0.39, 0.29) is 36.2 Å². The van der Waals surface area contributed by atoms with E-state index in [4.69, 9.17) is 24.6 Å². The van der Waals surface area contributed by atoms with Gasteiger partial charge in [-0.15, -0.1) is 0 Å². The first kappa shape index (κ1) is 40.2. The van der Waals surface area contributed by atoms with Crippen LogP contribution < -0.4 is 25.0 Å². The highest BCUT2D eigenvalue weighted by Crippen LogP contribution is 2.29. The fraction of sp³-hybridized carbons (Fsp3) is 0.244. The number of fused-ring (bicyclic) bond motifs is 1. The van der Waals surface area contributed by atoms with Gasteiger partial charge in [-0.25, -0.2) is 19.6 Å². The smallest absolute Gasteiger partial charge is 0.413 e. The van der Waals surface area contributed by atoms with E-state index in [1.54, 1.807) is 106 Å². The van der Waals surface area contributed by atoms with Crippen LogP contribution in [0, 0.1) is 5.41 Å². The van der Waals surface area contributed by atoms with Gasteiger partial charge in [-0.1, -0.05) is 12.1 Å². The monoisotopic (exact) mass is 761 g/mol. The quantitative estimate of drug-likeness (QED) is 0.0404. The van der Waals surface area contributed by atoms with Crippen LogP contribution in [-0.2, 0) is 32.7 Å². The fourth-order valence-electron chi connectivity index (χ4n) is 5.43. The molecule has 3 aromatic carbocycles. The minimum atomic E-state index is -0.699. The number of amidine groups is 1. The first-order valence-corrected chi connectivity index (χ1v) is 17.5. The Labute approximate surface area is 323 Å². The maximum Gasteiger partial charge on any atom is 0.413 e. The molecule has 5 aromatic rings. The summed E-state index contributed by atoms with van der Waals surface area (Å²) >= 11 is 0. The molecule has 0 bridgehead atoms. The summed E-state index contributed by atoms with van der Waals surface area (Å²) in [6.07, 6.45) is 3.52. The highest BCUT2D eigenvalue weighted by atomic mass is 16.6. The van der Waals surface area contributed by atoms with Crippen LogP contribution in [-0.4, -0.2) is 70.7 Å². The number of nitrogens with zero attached hydrogens (tertiary/aromatic N) is 4. The van der Waals surface area contributed by atoms with Crippen molar-refractivity contribution < 1.29 is 38.1 Å². The predicted molar refractivity (Wildman–Crippen MR) is 211 cm³/mol. The molecule has 0 unspecified atom stereocenters. The Bertz CT molecular complexity index is 2260. The largest absolute Gasteiger partial charge is 0.493 e. The summed E-state index contributed by atoms with van der Waals surface area (Å²) in [6, 6.07) is 22.2. The number of hydrogen-bond donors (Lipinski definition) is 3. The maximum atomic E-state index is 14.0. The topological polar surface area (TPSA) is 187 Å². The molecule has 0 aliphatic carbocycles. The summed E-state index contributed by atoms with van der Waals surface area (Å²) in [5.41, 5.74) is 3.00. The number of amides is 2. The number of ether oxygens (including phenoxy) is 4. The highest BCUT2D eigenvalue weighted by Gasteiger charge is 2.23. The molecule has 3 N–H and O–H groups in total. The average Bonchev–Trinajstić information content (AvgIpc) is 3.50. The SMILES string of the molecule is COC(=O)/C=C/c1ccc(OC(=O)CCN(C(=O)c2ccc3c(c2)nc(CNc2ccc(C(=N)NC(=O)OC(C)(C)C)cc2)n3C)c2ccccn2)c(OC)c1. The molecular weight excluding hydrogens is 718 g/mol. The van der Waals surface area contributed by atoms with E-state index in [0.29, 0.717) is 40.4 Å². The summed E-state index contributed by atoms with van der Waals surface area (Å²) in [7, 11) is 4.60. The van der Waals surface area contributed by atoms with Crippen LogP contribution in [0.4, 0.5) is 16.3 Å². The van der Waals surface area contributed by atoms with E-state index in [2.05, 4.69) is 20.4 Å². The molecule has 2 aromatic heterocycles. The zero-order valence-corrected chi connectivity index (χ0v) is 31.9. The number of imidazole rings is 1. The van der Waals surface area contributed by atoms with E-state index in [9.17, 15) is 19.2 Å². The molecule has 0 aliphatic rings. The summed E-state index contributed by atoms with van der Waals surface area (Å²) in [5.74, 6) is -0.0426. The van der Waals surface area contributed by atoms with Crippen LogP contribution in [0.5, 0.6) is 11.5 Å². The number of esters is 2. The number of nitrogens with one attached hydrogen (secondary N) is 3. The van der Waals surface area contributed by atoms with Crippen molar-refractivity contribution in [2.45, 2.75) is 39.3 Å². The molecule has 15 nitrogen and oxygen atoms in total. The van der Waals surface area contributed by atoms with Gasteiger partial charge in [0.2, 0.25) is 0 Å².